The molecule has 0 fully saturated rings. The standard InChI is InChI=1S/C25H23ClFN7O4/c1-3-4-21(25(37)30-15-6-7-16(24(28)36)19(27)10-15)33-12-22(38-2)18(11-23(33)35)17-9-14(26)5-8-20(17)34-13-29-31-32-34/h5-13,21H,3-4H2,1-2H3,(H2,28,36)(H,30,37). The van der Waals surface area contributed by atoms with Crippen LogP contribution in [0.15, 0.2) is 59.8 Å². The molecule has 2 aromatic heterocycles. The molecule has 0 aliphatic carbocycles. The topological polar surface area (TPSA) is 147 Å². The van der Waals surface area contributed by atoms with E-state index in [9.17, 15) is 18.8 Å². The normalized spacial score (nSPS) is 11.7. The molecule has 4 aromatic rings. The van der Waals surface area contributed by atoms with Crippen molar-refractivity contribution in [1.29, 1.82) is 0 Å². The molecule has 0 saturated carbocycles. The number of methoxy groups -OCH3 is 1. The minimum atomic E-state index is -0.937. The fourth-order valence-corrected chi connectivity index (χ4v) is 4.20. The third kappa shape index (κ3) is 5.39. The number of benzene rings is 2. The van der Waals surface area contributed by atoms with Crippen molar-refractivity contribution in [3.05, 3.63) is 81.7 Å². The maximum atomic E-state index is 14.2. The van der Waals surface area contributed by atoms with Gasteiger partial charge in [-0.3, -0.25) is 19.0 Å². The number of hydrogen-bond donors (Lipinski definition) is 2. The highest BCUT2D eigenvalue weighted by molar-refractivity contribution is 6.31. The highest BCUT2D eigenvalue weighted by Gasteiger charge is 2.24. The fraction of sp³-hybridized carbons (Fsp3) is 0.200. The van der Waals surface area contributed by atoms with Crippen molar-refractivity contribution >= 4 is 29.1 Å². The van der Waals surface area contributed by atoms with E-state index in [4.69, 9.17) is 22.1 Å². The van der Waals surface area contributed by atoms with E-state index in [1.165, 1.54) is 47.1 Å². The fourth-order valence-electron chi connectivity index (χ4n) is 4.03. The van der Waals surface area contributed by atoms with Crippen molar-refractivity contribution in [2.75, 3.05) is 12.4 Å². The number of nitrogens with two attached hydrogens (primary N) is 1. The van der Waals surface area contributed by atoms with Gasteiger partial charge in [0.2, 0.25) is 5.91 Å². The molecule has 0 saturated heterocycles. The third-order valence-electron chi connectivity index (χ3n) is 5.81. The van der Waals surface area contributed by atoms with E-state index >= 15 is 0 Å². The number of ether oxygens (including phenoxy) is 1. The summed E-state index contributed by atoms with van der Waals surface area (Å²) in [4.78, 5) is 37.9. The summed E-state index contributed by atoms with van der Waals surface area (Å²) in [6, 6.07) is 8.96. The lowest BCUT2D eigenvalue weighted by atomic mass is 10.0. The molecule has 196 valence electrons. The van der Waals surface area contributed by atoms with Gasteiger partial charge in [0, 0.05) is 27.9 Å². The molecular weight excluding hydrogens is 517 g/mol. The van der Waals surface area contributed by atoms with Crippen LogP contribution in [0.1, 0.15) is 36.2 Å². The van der Waals surface area contributed by atoms with Crippen molar-refractivity contribution < 1.29 is 18.7 Å². The second-order valence-corrected chi connectivity index (χ2v) is 8.71. The Morgan fingerprint density at radius 1 is 1.18 bits per heavy atom. The Kier molecular flexibility index (Phi) is 7.82. The van der Waals surface area contributed by atoms with Crippen LogP contribution in [0.5, 0.6) is 5.75 Å². The molecule has 4 rings (SSSR count). The second kappa shape index (κ2) is 11.2. The first-order chi connectivity index (χ1) is 18.2. The highest BCUT2D eigenvalue weighted by atomic mass is 35.5. The van der Waals surface area contributed by atoms with Crippen LogP contribution in [0, 0.1) is 5.82 Å². The molecular formula is C25H23ClFN7O4. The molecule has 2 amide bonds. The van der Waals surface area contributed by atoms with Gasteiger partial charge in [0.15, 0.2) is 0 Å². The molecule has 1 atom stereocenters. The lowest BCUT2D eigenvalue weighted by Crippen LogP contribution is -2.33. The van der Waals surface area contributed by atoms with Crippen LogP contribution in [0.4, 0.5) is 10.1 Å². The number of nitrogens with one attached hydrogen (secondary N) is 1. The van der Waals surface area contributed by atoms with Crippen LogP contribution in [0.25, 0.3) is 16.8 Å². The smallest absolute Gasteiger partial charge is 0.252 e. The van der Waals surface area contributed by atoms with E-state index in [2.05, 4.69) is 20.8 Å². The summed E-state index contributed by atoms with van der Waals surface area (Å²) in [5, 5.41) is 14.3. The summed E-state index contributed by atoms with van der Waals surface area (Å²) in [7, 11) is 1.44. The zero-order chi connectivity index (χ0) is 27.4. The third-order valence-corrected chi connectivity index (χ3v) is 6.05. The number of aromatic nitrogens is 5. The molecule has 3 N–H and O–H groups in total. The summed E-state index contributed by atoms with van der Waals surface area (Å²) in [5.41, 5.74) is 5.98. The summed E-state index contributed by atoms with van der Waals surface area (Å²) in [6.45, 7) is 1.86. The Morgan fingerprint density at radius 3 is 2.61 bits per heavy atom. The van der Waals surface area contributed by atoms with E-state index in [0.29, 0.717) is 40.4 Å². The first kappa shape index (κ1) is 26.5. The predicted octanol–water partition coefficient (Wildman–Crippen LogP) is 3.37. The number of anilines is 1. The number of pyridine rings is 1. The van der Waals surface area contributed by atoms with E-state index in [1.54, 1.807) is 18.2 Å². The van der Waals surface area contributed by atoms with Crippen LogP contribution in [0.3, 0.4) is 0 Å². The van der Waals surface area contributed by atoms with Crippen LogP contribution in [-0.4, -0.2) is 43.7 Å². The van der Waals surface area contributed by atoms with Gasteiger partial charge in [0.1, 0.15) is 23.9 Å². The van der Waals surface area contributed by atoms with Gasteiger partial charge in [-0.15, -0.1) is 5.10 Å². The Labute approximate surface area is 221 Å². The average molecular weight is 540 g/mol. The number of carbonyl (C=O) groups excluding carboxylic acids is 2. The Bertz CT molecular complexity index is 1560. The lowest BCUT2D eigenvalue weighted by Gasteiger charge is -2.21. The molecule has 2 aromatic carbocycles. The first-order valence-corrected chi connectivity index (χ1v) is 11.8. The maximum Gasteiger partial charge on any atom is 0.252 e. The van der Waals surface area contributed by atoms with Crippen molar-refractivity contribution in [1.82, 2.24) is 24.8 Å². The molecule has 0 bridgehead atoms. The number of hydrogen-bond acceptors (Lipinski definition) is 7. The van der Waals surface area contributed by atoms with Gasteiger partial charge in [0.25, 0.3) is 11.5 Å². The number of carbonyl (C=O) groups is 2. The SMILES string of the molecule is CCCC(C(=O)Nc1ccc(C(N)=O)c(F)c1)n1cc(OC)c(-c2cc(Cl)ccc2-n2cnnn2)cc1=O. The van der Waals surface area contributed by atoms with Gasteiger partial charge in [-0.25, -0.2) is 4.39 Å². The molecule has 13 heteroatoms. The van der Waals surface area contributed by atoms with E-state index in [-0.39, 0.29) is 11.3 Å². The molecule has 0 aliphatic rings. The number of nitrogens with zero attached hydrogens (tertiary/aromatic N) is 5. The predicted molar refractivity (Wildman–Crippen MR) is 138 cm³/mol. The minimum Gasteiger partial charge on any atom is -0.495 e. The van der Waals surface area contributed by atoms with E-state index in [0.717, 1.165) is 6.07 Å². The molecule has 0 aliphatic heterocycles. The van der Waals surface area contributed by atoms with Crippen LogP contribution < -0.4 is 21.3 Å². The van der Waals surface area contributed by atoms with Crippen LogP contribution >= 0.6 is 11.6 Å². The van der Waals surface area contributed by atoms with E-state index < -0.39 is 29.2 Å². The lowest BCUT2D eigenvalue weighted by molar-refractivity contribution is -0.119. The zero-order valence-corrected chi connectivity index (χ0v) is 21.1. The number of primary amides is 1. The molecule has 0 spiro atoms. The van der Waals surface area contributed by atoms with Crippen LogP contribution in [-0.2, 0) is 4.79 Å². The van der Waals surface area contributed by atoms with Crippen molar-refractivity contribution in [3.63, 3.8) is 0 Å². The average Bonchev–Trinajstić information content (AvgIpc) is 3.42. The maximum absolute atomic E-state index is 14.2. The van der Waals surface area contributed by atoms with Crippen LogP contribution in [0.2, 0.25) is 5.02 Å². The van der Waals surface area contributed by atoms with Gasteiger partial charge in [-0.05, 0) is 53.2 Å². The highest BCUT2D eigenvalue weighted by Crippen LogP contribution is 2.35. The van der Waals surface area contributed by atoms with Gasteiger partial charge in [0.05, 0.1) is 24.6 Å². The van der Waals surface area contributed by atoms with Crippen molar-refractivity contribution in [2.24, 2.45) is 5.73 Å². The Morgan fingerprint density at radius 2 is 1.97 bits per heavy atom. The summed E-state index contributed by atoms with van der Waals surface area (Å²) >= 11 is 6.25. The van der Waals surface area contributed by atoms with Gasteiger partial charge >= 0.3 is 0 Å². The van der Waals surface area contributed by atoms with Gasteiger partial charge in [-0.2, -0.15) is 4.68 Å². The number of halogens is 2. The zero-order valence-electron chi connectivity index (χ0n) is 20.4. The van der Waals surface area contributed by atoms with Crippen molar-refractivity contribution in [2.45, 2.75) is 25.8 Å². The van der Waals surface area contributed by atoms with Gasteiger partial charge in [-0.1, -0.05) is 24.9 Å². The molecule has 38 heavy (non-hydrogen) atoms. The van der Waals surface area contributed by atoms with Crippen molar-refractivity contribution in [3.8, 4) is 22.6 Å². The second-order valence-electron chi connectivity index (χ2n) is 8.27. The summed E-state index contributed by atoms with van der Waals surface area (Å²) < 4.78 is 22.5. The number of rotatable bonds is 9. The number of amides is 2. The monoisotopic (exact) mass is 539 g/mol. The quantitative estimate of drug-likeness (QED) is 0.331. The number of tetrazole rings is 1. The molecule has 0 radical (unpaired) electrons. The summed E-state index contributed by atoms with van der Waals surface area (Å²) in [6.07, 6.45) is 3.73. The largest absolute Gasteiger partial charge is 0.495 e. The van der Waals surface area contributed by atoms with Gasteiger partial charge < -0.3 is 15.8 Å². The Balaban J connectivity index is 1.74. The summed E-state index contributed by atoms with van der Waals surface area (Å²) in [5.74, 6) is -2.05. The minimum absolute atomic E-state index is 0.111. The first-order valence-electron chi connectivity index (χ1n) is 11.5. The van der Waals surface area contributed by atoms with E-state index in [1.807, 2.05) is 6.92 Å². The Hall–Kier alpha value is -4.58. The molecule has 11 nitrogen and oxygen atoms in total. The molecule has 1 unspecified atom stereocenters. The molecule has 2 heterocycles.